The molecule has 2 aromatic rings. The predicted molar refractivity (Wildman–Crippen MR) is 123 cm³/mol. The van der Waals surface area contributed by atoms with Gasteiger partial charge >= 0.3 is 5.97 Å². The van der Waals surface area contributed by atoms with Crippen LogP contribution in [0.3, 0.4) is 0 Å². The summed E-state index contributed by atoms with van der Waals surface area (Å²) in [5.41, 5.74) is 2.30. The molecule has 2 N–H and O–H groups in total. The number of nitrogens with one attached hydrogen (secondary N) is 1. The van der Waals surface area contributed by atoms with Gasteiger partial charge in [0.2, 0.25) is 0 Å². The Hall–Kier alpha value is -2.63. The molecule has 0 fully saturated rings. The van der Waals surface area contributed by atoms with E-state index >= 15 is 4.39 Å². The lowest BCUT2D eigenvalue weighted by molar-refractivity contribution is -0.137. The molecule has 4 nitrogen and oxygen atoms in total. The average molecular weight is 433 g/mol. The van der Waals surface area contributed by atoms with Crippen molar-refractivity contribution in [1.82, 2.24) is 0 Å². The molecule has 0 saturated carbocycles. The fourth-order valence-corrected chi connectivity index (χ4v) is 3.81. The van der Waals surface area contributed by atoms with Crippen LogP contribution < -0.4 is 10.2 Å². The number of hydrogen-bond donors (Lipinski definition) is 2. The lowest BCUT2D eigenvalue weighted by atomic mass is 9.92. The van der Waals surface area contributed by atoms with E-state index in [1.807, 2.05) is 17.9 Å². The summed E-state index contributed by atoms with van der Waals surface area (Å²) in [6.07, 6.45) is 0.524. The number of rotatable bonds is 11. The van der Waals surface area contributed by atoms with E-state index in [9.17, 15) is 14.3 Å². The summed E-state index contributed by atoms with van der Waals surface area (Å²) >= 11 is 0. The van der Waals surface area contributed by atoms with Crippen LogP contribution in [0.15, 0.2) is 36.4 Å². The van der Waals surface area contributed by atoms with Gasteiger partial charge in [0, 0.05) is 18.8 Å². The highest BCUT2D eigenvalue weighted by atomic mass is 19.1. The van der Waals surface area contributed by atoms with Gasteiger partial charge in [-0.25, -0.2) is 8.78 Å². The zero-order valence-electron chi connectivity index (χ0n) is 19.1. The SMILES string of the molecule is CCC(CC(=O)O)c1cc(F)c(N(CC(C)C)CC(C)C)c(Nc2ccc(F)cc2)c1. The van der Waals surface area contributed by atoms with Crippen LogP contribution in [0.25, 0.3) is 0 Å². The largest absolute Gasteiger partial charge is 0.481 e. The molecule has 0 radical (unpaired) electrons. The summed E-state index contributed by atoms with van der Waals surface area (Å²) in [4.78, 5) is 13.3. The Bertz CT molecular complexity index is 857. The molecule has 2 aromatic carbocycles. The molecule has 2 rings (SSSR count). The third-order valence-electron chi connectivity index (χ3n) is 5.08. The third-order valence-corrected chi connectivity index (χ3v) is 5.08. The van der Waals surface area contributed by atoms with Crippen LogP contribution in [0.2, 0.25) is 0 Å². The number of anilines is 3. The van der Waals surface area contributed by atoms with Crippen LogP contribution in [0.4, 0.5) is 25.8 Å². The molecule has 1 unspecified atom stereocenters. The fourth-order valence-electron chi connectivity index (χ4n) is 3.81. The molecule has 0 heterocycles. The standard InChI is InChI=1S/C25H34F2N2O2/c1-6-18(13-24(30)31)19-11-22(27)25(29(14-16(2)3)15-17(4)5)23(12-19)28-21-9-7-20(26)8-10-21/h7-12,16-18,28H,6,13-15H2,1-5H3,(H,30,31). The van der Waals surface area contributed by atoms with Crippen LogP contribution in [-0.4, -0.2) is 24.2 Å². The van der Waals surface area contributed by atoms with E-state index in [4.69, 9.17) is 0 Å². The Morgan fingerprint density at radius 3 is 2.10 bits per heavy atom. The van der Waals surface area contributed by atoms with Crippen LogP contribution in [0.1, 0.15) is 58.9 Å². The van der Waals surface area contributed by atoms with Crippen molar-refractivity contribution >= 4 is 23.0 Å². The number of aliphatic carboxylic acids is 1. The monoisotopic (exact) mass is 432 g/mol. The first-order valence-electron chi connectivity index (χ1n) is 10.9. The van der Waals surface area contributed by atoms with Gasteiger partial charge in [-0.2, -0.15) is 0 Å². The topological polar surface area (TPSA) is 52.6 Å². The summed E-state index contributed by atoms with van der Waals surface area (Å²) in [6, 6.07) is 9.21. The molecule has 0 aliphatic heterocycles. The molecule has 0 spiro atoms. The van der Waals surface area contributed by atoms with Gasteiger partial charge in [0.15, 0.2) is 0 Å². The molecule has 0 aliphatic rings. The number of carboxylic acids is 1. The van der Waals surface area contributed by atoms with Crippen molar-refractivity contribution in [2.45, 2.75) is 53.4 Å². The zero-order chi connectivity index (χ0) is 23.1. The maximum atomic E-state index is 15.6. The highest BCUT2D eigenvalue weighted by molar-refractivity contribution is 5.77. The van der Waals surface area contributed by atoms with Crippen molar-refractivity contribution in [2.24, 2.45) is 11.8 Å². The van der Waals surface area contributed by atoms with Crippen molar-refractivity contribution in [3.05, 3.63) is 53.6 Å². The molecule has 6 heteroatoms. The molecule has 1 atom stereocenters. The quantitative estimate of drug-likeness (QED) is 0.410. The van der Waals surface area contributed by atoms with Gasteiger partial charge in [0.05, 0.1) is 17.8 Å². The number of nitrogens with zero attached hydrogens (tertiary/aromatic N) is 1. The van der Waals surface area contributed by atoms with Crippen LogP contribution >= 0.6 is 0 Å². The molecule has 0 bridgehead atoms. The van der Waals surface area contributed by atoms with Crippen molar-refractivity contribution in [3.63, 3.8) is 0 Å². The number of carboxylic acid groups (broad SMARTS) is 1. The predicted octanol–water partition coefficient (Wildman–Crippen LogP) is 6.80. The third kappa shape index (κ3) is 7.23. The summed E-state index contributed by atoms with van der Waals surface area (Å²) in [7, 11) is 0. The second-order valence-electron chi connectivity index (χ2n) is 8.93. The minimum Gasteiger partial charge on any atom is -0.481 e. The molecule has 0 amide bonds. The Morgan fingerprint density at radius 1 is 1.03 bits per heavy atom. The maximum absolute atomic E-state index is 15.6. The Morgan fingerprint density at radius 2 is 1.61 bits per heavy atom. The zero-order valence-corrected chi connectivity index (χ0v) is 19.1. The first-order valence-corrected chi connectivity index (χ1v) is 10.9. The smallest absolute Gasteiger partial charge is 0.303 e. The molecule has 0 aromatic heterocycles. The normalized spacial score (nSPS) is 12.3. The van der Waals surface area contributed by atoms with Crippen LogP contribution in [0, 0.1) is 23.5 Å². The highest BCUT2D eigenvalue weighted by Crippen LogP contribution is 2.37. The Labute approximate surface area is 184 Å². The molecular weight excluding hydrogens is 398 g/mol. The maximum Gasteiger partial charge on any atom is 0.303 e. The second-order valence-corrected chi connectivity index (χ2v) is 8.93. The van der Waals surface area contributed by atoms with E-state index in [1.165, 1.54) is 18.2 Å². The van der Waals surface area contributed by atoms with E-state index in [0.717, 1.165) is 0 Å². The fraction of sp³-hybridized carbons (Fsp3) is 0.480. The van der Waals surface area contributed by atoms with Crippen molar-refractivity contribution < 1.29 is 18.7 Å². The number of halogens is 2. The van der Waals surface area contributed by atoms with E-state index < -0.39 is 5.97 Å². The van der Waals surface area contributed by atoms with Crippen LogP contribution in [-0.2, 0) is 4.79 Å². The first kappa shape index (κ1) is 24.6. The van der Waals surface area contributed by atoms with E-state index in [-0.39, 0.29) is 24.0 Å². The number of hydrogen-bond acceptors (Lipinski definition) is 3. The summed E-state index contributed by atoms with van der Waals surface area (Å²) < 4.78 is 28.9. The second kappa shape index (κ2) is 11.1. The molecule has 31 heavy (non-hydrogen) atoms. The summed E-state index contributed by atoms with van der Waals surface area (Å²) in [5.74, 6) is -1.28. The van der Waals surface area contributed by atoms with Crippen molar-refractivity contribution in [1.29, 1.82) is 0 Å². The van der Waals surface area contributed by atoms with Gasteiger partial charge in [-0.15, -0.1) is 0 Å². The van der Waals surface area contributed by atoms with Gasteiger partial charge in [0.1, 0.15) is 11.6 Å². The molecule has 0 saturated heterocycles. The van der Waals surface area contributed by atoms with E-state index in [0.29, 0.717) is 54.0 Å². The van der Waals surface area contributed by atoms with Gasteiger partial charge in [-0.1, -0.05) is 34.6 Å². The lowest BCUT2D eigenvalue weighted by Gasteiger charge is -2.31. The van der Waals surface area contributed by atoms with Gasteiger partial charge in [-0.05, 0) is 66.1 Å². The van der Waals surface area contributed by atoms with E-state index in [2.05, 4.69) is 33.0 Å². The Kier molecular flexibility index (Phi) is 8.84. The molecular formula is C25H34F2N2O2. The average Bonchev–Trinajstić information content (AvgIpc) is 2.66. The van der Waals surface area contributed by atoms with Gasteiger partial charge < -0.3 is 15.3 Å². The minimum atomic E-state index is -0.911. The Balaban J connectivity index is 2.59. The molecule has 170 valence electrons. The van der Waals surface area contributed by atoms with Gasteiger partial charge in [0.25, 0.3) is 0 Å². The van der Waals surface area contributed by atoms with Gasteiger partial charge in [-0.3, -0.25) is 4.79 Å². The van der Waals surface area contributed by atoms with E-state index in [1.54, 1.807) is 12.1 Å². The van der Waals surface area contributed by atoms with Crippen molar-refractivity contribution in [2.75, 3.05) is 23.3 Å². The van der Waals surface area contributed by atoms with Crippen molar-refractivity contribution in [3.8, 4) is 0 Å². The summed E-state index contributed by atoms with van der Waals surface area (Å²) in [5, 5.41) is 12.5. The minimum absolute atomic E-state index is 0.0625. The lowest BCUT2D eigenvalue weighted by Crippen LogP contribution is -2.32. The number of benzene rings is 2. The van der Waals surface area contributed by atoms with Crippen LogP contribution in [0.5, 0.6) is 0 Å². The first-order chi connectivity index (χ1) is 14.6. The summed E-state index contributed by atoms with van der Waals surface area (Å²) in [6.45, 7) is 11.6. The molecule has 0 aliphatic carbocycles. The number of carbonyl (C=O) groups is 1. The highest BCUT2D eigenvalue weighted by Gasteiger charge is 2.23.